The highest BCUT2D eigenvalue weighted by atomic mass is 35.5. The van der Waals surface area contributed by atoms with Crippen molar-refractivity contribution in [3.63, 3.8) is 0 Å². The molecule has 6 nitrogen and oxygen atoms in total. The number of amides is 1. The number of aryl methyl sites for hydroxylation is 1. The first-order chi connectivity index (χ1) is 16.1. The molecular weight excluding hydrogens is 438 g/mol. The molecule has 170 valence electrons. The Morgan fingerprint density at radius 2 is 1.88 bits per heavy atom. The standard InChI is InChI=1S/C26H26ClN3O3/c1-18-17-19(11-12-21(18)27)33-16-15-30-23-9-5-4-8-22(23)29-25(30)13-14-28-26(31)20-7-3-6-10-24(20)32-2/h3-12,17H,13-16H2,1-2H3,(H,28,31). The van der Waals surface area contributed by atoms with Gasteiger partial charge < -0.3 is 19.4 Å². The summed E-state index contributed by atoms with van der Waals surface area (Å²) in [6.45, 7) is 3.54. The van der Waals surface area contributed by atoms with E-state index in [-0.39, 0.29) is 5.91 Å². The van der Waals surface area contributed by atoms with Gasteiger partial charge in [-0.2, -0.15) is 0 Å². The Kier molecular flexibility index (Phi) is 7.15. The van der Waals surface area contributed by atoms with Gasteiger partial charge in [0.1, 0.15) is 23.9 Å². The van der Waals surface area contributed by atoms with Crippen molar-refractivity contribution < 1.29 is 14.3 Å². The molecule has 1 N–H and O–H groups in total. The van der Waals surface area contributed by atoms with E-state index in [4.69, 9.17) is 26.1 Å². The molecule has 1 amide bonds. The number of aromatic nitrogens is 2. The zero-order chi connectivity index (χ0) is 23.2. The van der Waals surface area contributed by atoms with Crippen LogP contribution in [0.15, 0.2) is 66.7 Å². The number of imidazole rings is 1. The molecular formula is C26H26ClN3O3. The van der Waals surface area contributed by atoms with E-state index in [9.17, 15) is 4.79 Å². The molecule has 0 atom stereocenters. The fraction of sp³-hybridized carbons (Fsp3) is 0.231. The van der Waals surface area contributed by atoms with Gasteiger partial charge in [0.05, 0.1) is 30.3 Å². The molecule has 4 aromatic rings. The van der Waals surface area contributed by atoms with Crippen LogP contribution in [-0.4, -0.2) is 35.7 Å². The first kappa shape index (κ1) is 22.7. The van der Waals surface area contributed by atoms with Crippen LogP contribution in [0.25, 0.3) is 11.0 Å². The third kappa shape index (κ3) is 5.29. The summed E-state index contributed by atoms with van der Waals surface area (Å²) in [5, 5.41) is 3.69. The van der Waals surface area contributed by atoms with Crippen LogP contribution < -0.4 is 14.8 Å². The summed E-state index contributed by atoms with van der Waals surface area (Å²) in [5.41, 5.74) is 3.46. The van der Waals surface area contributed by atoms with Crippen molar-refractivity contribution in [2.45, 2.75) is 19.9 Å². The molecule has 3 aromatic carbocycles. The van der Waals surface area contributed by atoms with Gasteiger partial charge >= 0.3 is 0 Å². The molecule has 7 heteroatoms. The Labute approximate surface area is 198 Å². The van der Waals surface area contributed by atoms with Crippen LogP contribution >= 0.6 is 11.6 Å². The molecule has 1 aromatic heterocycles. The highest BCUT2D eigenvalue weighted by molar-refractivity contribution is 6.31. The van der Waals surface area contributed by atoms with Crippen molar-refractivity contribution in [2.24, 2.45) is 0 Å². The van der Waals surface area contributed by atoms with E-state index in [1.165, 1.54) is 0 Å². The predicted octanol–water partition coefficient (Wildman–Crippen LogP) is 5.06. The van der Waals surface area contributed by atoms with E-state index in [1.807, 2.05) is 61.5 Å². The second-order valence-electron chi connectivity index (χ2n) is 7.63. The summed E-state index contributed by atoms with van der Waals surface area (Å²) in [7, 11) is 1.56. The van der Waals surface area contributed by atoms with Crippen molar-refractivity contribution >= 4 is 28.5 Å². The highest BCUT2D eigenvalue weighted by Gasteiger charge is 2.14. The zero-order valence-corrected chi connectivity index (χ0v) is 19.4. The summed E-state index contributed by atoms with van der Waals surface area (Å²) in [6.07, 6.45) is 0.593. The summed E-state index contributed by atoms with van der Waals surface area (Å²) in [4.78, 5) is 17.4. The second-order valence-corrected chi connectivity index (χ2v) is 8.04. The van der Waals surface area contributed by atoms with Crippen molar-refractivity contribution in [1.29, 1.82) is 0 Å². The molecule has 0 unspecified atom stereocenters. The summed E-state index contributed by atoms with van der Waals surface area (Å²) < 4.78 is 13.4. The summed E-state index contributed by atoms with van der Waals surface area (Å²) in [5.74, 6) is 2.06. The largest absolute Gasteiger partial charge is 0.496 e. The minimum absolute atomic E-state index is 0.170. The van der Waals surface area contributed by atoms with Crippen LogP contribution in [0.5, 0.6) is 11.5 Å². The van der Waals surface area contributed by atoms with E-state index < -0.39 is 0 Å². The minimum atomic E-state index is -0.170. The normalized spacial score (nSPS) is 10.9. The second kappa shape index (κ2) is 10.4. The van der Waals surface area contributed by atoms with Gasteiger partial charge in [0.15, 0.2) is 0 Å². The van der Waals surface area contributed by atoms with E-state index in [1.54, 1.807) is 19.2 Å². The Hall–Kier alpha value is -3.51. The van der Waals surface area contributed by atoms with Gasteiger partial charge in [-0.15, -0.1) is 0 Å². The van der Waals surface area contributed by atoms with E-state index >= 15 is 0 Å². The molecule has 0 aliphatic carbocycles. The number of benzene rings is 3. The maximum Gasteiger partial charge on any atom is 0.255 e. The molecule has 0 bridgehead atoms. The Bertz CT molecular complexity index is 1270. The van der Waals surface area contributed by atoms with Crippen LogP contribution in [0.2, 0.25) is 5.02 Å². The number of carbonyl (C=O) groups is 1. The molecule has 0 saturated heterocycles. The topological polar surface area (TPSA) is 65.4 Å². The average Bonchev–Trinajstić information content (AvgIpc) is 3.18. The Morgan fingerprint density at radius 1 is 1.09 bits per heavy atom. The van der Waals surface area contributed by atoms with E-state index in [0.29, 0.717) is 37.4 Å². The van der Waals surface area contributed by atoms with Crippen molar-refractivity contribution in [2.75, 3.05) is 20.3 Å². The molecule has 0 spiro atoms. The van der Waals surface area contributed by atoms with Gasteiger partial charge in [-0.05, 0) is 55.0 Å². The summed E-state index contributed by atoms with van der Waals surface area (Å²) >= 11 is 6.10. The molecule has 0 aliphatic heterocycles. The van der Waals surface area contributed by atoms with Gasteiger partial charge in [-0.1, -0.05) is 35.9 Å². The number of nitrogens with one attached hydrogen (secondary N) is 1. The molecule has 0 fully saturated rings. The van der Waals surface area contributed by atoms with E-state index in [2.05, 4.69) is 9.88 Å². The fourth-order valence-corrected chi connectivity index (χ4v) is 3.86. The monoisotopic (exact) mass is 463 g/mol. The third-order valence-electron chi connectivity index (χ3n) is 5.43. The number of ether oxygens (including phenoxy) is 2. The minimum Gasteiger partial charge on any atom is -0.496 e. The molecule has 0 aliphatic rings. The lowest BCUT2D eigenvalue weighted by molar-refractivity contribution is 0.0951. The molecule has 4 rings (SSSR count). The number of rotatable bonds is 9. The van der Waals surface area contributed by atoms with Gasteiger partial charge in [0.25, 0.3) is 5.91 Å². The molecule has 0 radical (unpaired) electrons. The van der Waals surface area contributed by atoms with Crippen molar-refractivity contribution in [3.05, 3.63) is 88.7 Å². The van der Waals surface area contributed by atoms with Gasteiger partial charge in [-0.3, -0.25) is 4.79 Å². The molecule has 0 saturated carbocycles. The predicted molar refractivity (Wildman–Crippen MR) is 130 cm³/mol. The number of nitrogens with zero attached hydrogens (tertiary/aromatic N) is 2. The number of hydrogen-bond acceptors (Lipinski definition) is 4. The van der Waals surface area contributed by atoms with Gasteiger partial charge in [0, 0.05) is 18.0 Å². The average molecular weight is 464 g/mol. The SMILES string of the molecule is COc1ccccc1C(=O)NCCc1nc2ccccc2n1CCOc1ccc(Cl)c(C)c1. The molecule has 33 heavy (non-hydrogen) atoms. The maximum absolute atomic E-state index is 12.6. The number of fused-ring (bicyclic) bond motifs is 1. The van der Waals surface area contributed by atoms with Crippen molar-refractivity contribution in [1.82, 2.24) is 14.9 Å². The number of hydrogen-bond donors (Lipinski definition) is 1. The Morgan fingerprint density at radius 3 is 2.70 bits per heavy atom. The molecule has 1 heterocycles. The van der Waals surface area contributed by atoms with Crippen LogP contribution in [-0.2, 0) is 13.0 Å². The number of carbonyl (C=O) groups excluding carboxylic acids is 1. The lowest BCUT2D eigenvalue weighted by Gasteiger charge is -2.12. The van der Waals surface area contributed by atoms with Gasteiger partial charge in [0.2, 0.25) is 0 Å². The lowest BCUT2D eigenvalue weighted by atomic mass is 10.2. The fourth-order valence-electron chi connectivity index (χ4n) is 3.74. The first-order valence-corrected chi connectivity index (χ1v) is 11.2. The van der Waals surface area contributed by atoms with E-state index in [0.717, 1.165) is 33.2 Å². The number of halogens is 1. The van der Waals surface area contributed by atoms with Crippen LogP contribution in [0.1, 0.15) is 21.7 Å². The van der Waals surface area contributed by atoms with Gasteiger partial charge in [-0.25, -0.2) is 4.98 Å². The first-order valence-electron chi connectivity index (χ1n) is 10.8. The maximum atomic E-state index is 12.6. The van der Waals surface area contributed by atoms with Crippen molar-refractivity contribution in [3.8, 4) is 11.5 Å². The smallest absolute Gasteiger partial charge is 0.255 e. The quantitative estimate of drug-likeness (QED) is 0.377. The third-order valence-corrected chi connectivity index (χ3v) is 5.86. The van der Waals surface area contributed by atoms with Crippen LogP contribution in [0.4, 0.5) is 0 Å². The number of methoxy groups -OCH3 is 1. The highest BCUT2D eigenvalue weighted by Crippen LogP contribution is 2.22. The van der Waals surface area contributed by atoms with Crippen LogP contribution in [0, 0.1) is 6.92 Å². The Balaban J connectivity index is 1.43. The summed E-state index contributed by atoms with van der Waals surface area (Å²) in [6, 6.07) is 20.8. The van der Waals surface area contributed by atoms with Crippen LogP contribution in [0.3, 0.4) is 0 Å². The lowest BCUT2D eigenvalue weighted by Crippen LogP contribution is -2.27. The number of para-hydroxylation sites is 3. The zero-order valence-electron chi connectivity index (χ0n) is 18.7.